The summed E-state index contributed by atoms with van der Waals surface area (Å²) in [7, 11) is 0. The SMILES string of the molecule is CCOC(=O)C1CC1c1ccc(Cn2ccnc2)c(F)c1. The number of hydrogen-bond acceptors (Lipinski definition) is 3. The zero-order chi connectivity index (χ0) is 14.8. The monoisotopic (exact) mass is 288 g/mol. The van der Waals surface area contributed by atoms with Crippen LogP contribution in [-0.4, -0.2) is 22.1 Å². The molecule has 2 atom stereocenters. The molecular weight excluding hydrogens is 271 g/mol. The van der Waals surface area contributed by atoms with Gasteiger partial charge in [0.25, 0.3) is 0 Å². The molecular formula is C16H17FN2O2. The first-order valence-electron chi connectivity index (χ1n) is 7.09. The Kier molecular flexibility index (Phi) is 3.73. The molecule has 1 aromatic heterocycles. The lowest BCUT2D eigenvalue weighted by Crippen LogP contribution is -2.07. The van der Waals surface area contributed by atoms with Crippen molar-refractivity contribution in [1.82, 2.24) is 9.55 Å². The van der Waals surface area contributed by atoms with E-state index in [-0.39, 0.29) is 23.6 Å². The van der Waals surface area contributed by atoms with Crippen LogP contribution >= 0.6 is 0 Å². The summed E-state index contributed by atoms with van der Waals surface area (Å²) in [5.74, 6) is -0.425. The Bertz CT molecular complexity index is 640. The van der Waals surface area contributed by atoms with Crippen LogP contribution in [0.15, 0.2) is 36.9 Å². The van der Waals surface area contributed by atoms with Crippen molar-refractivity contribution in [3.05, 3.63) is 53.9 Å². The zero-order valence-electron chi connectivity index (χ0n) is 11.8. The highest BCUT2D eigenvalue weighted by Crippen LogP contribution is 2.48. The Morgan fingerprint density at radius 2 is 2.38 bits per heavy atom. The molecule has 1 fully saturated rings. The number of rotatable bonds is 5. The number of carbonyl (C=O) groups excluding carboxylic acids is 1. The van der Waals surface area contributed by atoms with E-state index < -0.39 is 0 Å². The van der Waals surface area contributed by atoms with E-state index in [2.05, 4.69) is 4.98 Å². The van der Waals surface area contributed by atoms with E-state index in [0.717, 1.165) is 12.0 Å². The van der Waals surface area contributed by atoms with Gasteiger partial charge in [-0.15, -0.1) is 0 Å². The molecule has 0 amide bonds. The second kappa shape index (κ2) is 5.68. The standard InChI is InChI=1S/C16H17FN2O2/c1-2-21-16(20)14-8-13(14)11-3-4-12(15(17)7-11)9-19-6-5-18-10-19/h3-7,10,13-14H,2,8-9H2,1H3. The number of halogens is 1. The van der Waals surface area contributed by atoms with Crippen molar-refractivity contribution in [2.75, 3.05) is 6.61 Å². The molecule has 4 nitrogen and oxygen atoms in total. The number of esters is 1. The van der Waals surface area contributed by atoms with Gasteiger partial charge in [-0.2, -0.15) is 0 Å². The molecule has 1 saturated carbocycles. The van der Waals surface area contributed by atoms with Crippen molar-refractivity contribution in [3.8, 4) is 0 Å². The number of nitrogens with zero attached hydrogens (tertiary/aromatic N) is 2. The minimum Gasteiger partial charge on any atom is -0.466 e. The molecule has 0 aliphatic heterocycles. The van der Waals surface area contributed by atoms with E-state index in [4.69, 9.17) is 4.74 Å². The van der Waals surface area contributed by atoms with Crippen LogP contribution in [0, 0.1) is 11.7 Å². The molecule has 2 unspecified atom stereocenters. The van der Waals surface area contributed by atoms with Gasteiger partial charge in [-0.1, -0.05) is 12.1 Å². The normalized spacial score (nSPS) is 20.3. The van der Waals surface area contributed by atoms with Crippen molar-refractivity contribution in [2.24, 2.45) is 5.92 Å². The van der Waals surface area contributed by atoms with E-state index in [1.54, 1.807) is 31.7 Å². The molecule has 5 heteroatoms. The first-order valence-corrected chi connectivity index (χ1v) is 7.09. The number of hydrogen-bond donors (Lipinski definition) is 0. The van der Waals surface area contributed by atoms with Crippen LogP contribution in [0.5, 0.6) is 0 Å². The fourth-order valence-electron chi connectivity index (χ4n) is 2.57. The lowest BCUT2D eigenvalue weighted by atomic mass is 10.1. The maximum atomic E-state index is 14.2. The van der Waals surface area contributed by atoms with Gasteiger partial charge in [0, 0.05) is 18.0 Å². The maximum absolute atomic E-state index is 14.2. The number of benzene rings is 1. The maximum Gasteiger partial charge on any atom is 0.309 e. The van der Waals surface area contributed by atoms with E-state index in [1.807, 2.05) is 10.6 Å². The average Bonchev–Trinajstić information content (AvgIpc) is 3.11. The van der Waals surface area contributed by atoms with E-state index >= 15 is 0 Å². The van der Waals surface area contributed by atoms with Crippen molar-refractivity contribution < 1.29 is 13.9 Å². The Morgan fingerprint density at radius 3 is 3.05 bits per heavy atom. The Labute approximate surface area is 122 Å². The van der Waals surface area contributed by atoms with Crippen molar-refractivity contribution in [3.63, 3.8) is 0 Å². The second-order valence-electron chi connectivity index (χ2n) is 5.29. The number of carbonyl (C=O) groups is 1. The fraction of sp³-hybridized carbons (Fsp3) is 0.375. The van der Waals surface area contributed by atoms with Crippen LogP contribution < -0.4 is 0 Å². The smallest absolute Gasteiger partial charge is 0.309 e. The molecule has 1 aliphatic carbocycles. The van der Waals surface area contributed by atoms with E-state index in [9.17, 15) is 9.18 Å². The fourth-order valence-corrected chi connectivity index (χ4v) is 2.57. The Morgan fingerprint density at radius 1 is 1.52 bits per heavy atom. The first-order chi connectivity index (χ1) is 10.2. The van der Waals surface area contributed by atoms with Crippen LogP contribution in [0.3, 0.4) is 0 Å². The van der Waals surface area contributed by atoms with Crippen LogP contribution in [-0.2, 0) is 16.1 Å². The average molecular weight is 288 g/mol. The van der Waals surface area contributed by atoms with Crippen molar-refractivity contribution in [2.45, 2.75) is 25.8 Å². The molecule has 0 spiro atoms. The first kappa shape index (κ1) is 13.8. The molecule has 3 rings (SSSR count). The molecule has 1 aromatic carbocycles. The predicted molar refractivity (Wildman–Crippen MR) is 75.2 cm³/mol. The van der Waals surface area contributed by atoms with Gasteiger partial charge < -0.3 is 9.30 Å². The number of imidazole rings is 1. The third kappa shape index (κ3) is 2.96. The molecule has 0 bridgehead atoms. The zero-order valence-corrected chi connectivity index (χ0v) is 11.8. The summed E-state index contributed by atoms with van der Waals surface area (Å²) in [6.45, 7) is 2.64. The van der Waals surface area contributed by atoms with Gasteiger partial charge in [0.1, 0.15) is 5.82 Å². The van der Waals surface area contributed by atoms with Gasteiger partial charge in [-0.25, -0.2) is 9.37 Å². The highest BCUT2D eigenvalue weighted by Gasteiger charge is 2.45. The second-order valence-corrected chi connectivity index (χ2v) is 5.29. The van der Waals surface area contributed by atoms with Crippen LogP contribution in [0.25, 0.3) is 0 Å². The van der Waals surface area contributed by atoms with Crippen LogP contribution in [0.1, 0.15) is 30.4 Å². The van der Waals surface area contributed by atoms with Gasteiger partial charge in [0.05, 0.1) is 25.4 Å². The molecule has 21 heavy (non-hydrogen) atoms. The third-order valence-electron chi connectivity index (χ3n) is 3.80. The minimum atomic E-state index is -0.240. The molecule has 2 aromatic rings. The highest BCUT2D eigenvalue weighted by atomic mass is 19.1. The largest absolute Gasteiger partial charge is 0.466 e. The van der Waals surface area contributed by atoms with Crippen LogP contribution in [0.2, 0.25) is 0 Å². The third-order valence-corrected chi connectivity index (χ3v) is 3.80. The molecule has 110 valence electrons. The summed E-state index contributed by atoms with van der Waals surface area (Å²) < 4.78 is 21.0. The quantitative estimate of drug-likeness (QED) is 0.795. The molecule has 1 aliphatic rings. The van der Waals surface area contributed by atoms with Gasteiger partial charge >= 0.3 is 5.97 Å². The summed E-state index contributed by atoms with van der Waals surface area (Å²) in [5, 5.41) is 0. The molecule has 0 saturated heterocycles. The predicted octanol–water partition coefficient (Wildman–Crippen LogP) is 2.74. The topological polar surface area (TPSA) is 44.1 Å². The van der Waals surface area contributed by atoms with Gasteiger partial charge in [-0.05, 0) is 30.9 Å². The molecule has 0 N–H and O–H groups in total. The lowest BCUT2D eigenvalue weighted by Gasteiger charge is -2.07. The van der Waals surface area contributed by atoms with Gasteiger partial charge in [0.2, 0.25) is 0 Å². The van der Waals surface area contributed by atoms with Gasteiger partial charge in [-0.3, -0.25) is 4.79 Å². The summed E-state index contributed by atoms with van der Waals surface area (Å²) in [6, 6.07) is 5.22. The van der Waals surface area contributed by atoms with Crippen molar-refractivity contribution in [1.29, 1.82) is 0 Å². The molecule has 1 heterocycles. The summed E-state index contributed by atoms with van der Waals surface area (Å²) >= 11 is 0. The number of aromatic nitrogens is 2. The van der Waals surface area contributed by atoms with E-state index in [1.165, 1.54) is 6.07 Å². The van der Waals surface area contributed by atoms with Crippen molar-refractivity contribution >= 4 is 5.97 Å². The lowest BCUT2D eigenvalue weighted by molar-refractivity contribution is -0.144. The highest BCUT2D eigenvalue weighted by molar-refractivity contribution is 5.77. The molecule has 0 radical (unpaired) electrons. The summed E-state index contributed by atoms with van der Waals surface area (Å²) in [5.41, 5.74) is 1.49. The Hall–Kier alpha value is -2.17. The number of ether oxygens (including phenoxy) is 1. The summed E-state index contributed by atoms with van der Waals surface area (Å²) in [6.07, 6.45) is 5.87. The van der Waals surface area contributed by atoms with E-state index in [0.29, 0.717) is 18.7 Å². The van der Waals surface area contributed by atoms with Crippen LogP contribution in [0.4, 0.5) is 4.39 Å². The summed E-state index contributed by atoms with van der Waals surface area (Å²) in [4.78, 5) is 15.6. The minimum absolute atomic E-state index is 0.0980. The van der Waals surface area contributed by atoms with Gasteiger partial charge in [0.15, 0.2) is 0 Å². The Balaban J connectivity index is 1.69.